The second-order valence-corrected chi connectivity index (χ2v) is 3.43. The van der Waals surface area contributed by atoms with Crippen molar-refractivity contribution in [3.05, 3.63) is 0 Å². The summed E-state index contributed by atoms with van der Waals surface area (Å²) < 4.78 is 0. The molecule has 12 heavy (non-hydrogen) atoms. The van der Waals surface area contributed by atoms with Crippen LogP contribution in [0.2, 0.25) is 0 Å². The van der Waals surface area contributed by atoms with Crippen LogP contribution in [0, 0.1) is 5.92 Å². The first-order valence-corrected chi connectivity index (χ1v) is 4.19. The smallest absolute Gasteiger partial charge is 0.241 e. The lowest BCUT2D eigenvalue weighted by atomic mass is 10.1. The zero-order valence-corrected chi connectivity index (χ0v) is 7.46. The Labute approximate surface area is 71.9 Å². The van der Waals surface area contributed by atoms with E-state index < -0.39 is 0 Å². The Kier molecular flexibility index (Phi) is 2.68. The standard InChI is InChI=1S/C8H14N2O2/c1-6(2)5-8(12)10-4-3-7(11)9-10/h6H,3-5H2,1-2H3,(H,9,11). The highest BCUT2D eigenvalue weighted by Gasteiger charge is 2.23. The third-order valence-electron chi connectivity index (χ3n) is 1.71. The van der Waals surface area contributed by atoms with Gasteiger partial charge in [0.25, 0.3) is 0 Å². The summed E-state index contributed by atoms with van der Waals surface area (Å²) in [4.78, 5) is 22.1. The van der Waals surface area contributed by atoms with E-state index in [-0.39, 0.29) is 11.8 Å². The average Bonchev–Trinajstić information content (AvgIpc) is 2.34. The first-order valence-electron chi connectivity index (χ1n) is 4.19. The third-order valence-corrected chi connectivity index (χ3v) is 1.71. The molecule has 0 aliphatic carbocycles. The van der Waals surface area contributed by atoms with Gasteiger partial charge < -0.3 is 0 Å². The van der Waals surface area contributed by atoms with Crippen molar-refractivity contribution in [1.29, 1.82) is 0 Å². The van der Waals surface area contributed by atoms with Crippen molar-refractivity contribution in [1.82, 2.24) is 10.4 Å². The highest BCUT2D eigenvalue weighted by Crippen LogP contribution is 2.06. The number of rotatable bonds is 2. The fourth-order valence-corrected chi connectivity index (χ4v) is 1.12. The summed E-state index contributed by atoms with van der Waals surface area (Å²) in [5, 5.41) is 1.41. The Balaban J connectivity index is 2.38. The molecule has 1 fully saturated rings. The molecule has 4 nitrogen and oxygen atoms in total. The molecule has 0 saturated carbocycles. The molecular formula is C8H14N2O2. The van der Waals surface area contributed by atoms with Crippen LogP contribution in [0.1, 0.15) is 26.7 Å². The van der Waals surface area contributed by atoms with Crippen molar-refractivity contribution < 1.29 is 9.59 Å². The van der Waals surface area contributed by atoms with Crippen LogP contribution in [0.4, 0.5) is 0 Å². The summed E-state index contributed by atoms with van der Waals surface area (Å²) in [5.41, 5.74) is 2.50. The van der Waals surface area contributed by atoms with E-state index in [2.05, 4.69) is 5.43 Å². The topological polar surface area (TPSA) is 49.4 Å². The van der Waals surface area contributed by atoms with Crippen molar-refractivity contribution in [3.8, 4) is 0 Å². The molecule has 0 aromatic carbocycles. The quantitative estimate of drug-likeness (QED) is 0.647. The molecule has 1 N–H and O–H groups in total. The molecule has 1 heterocycles. The first kappa shape index (κ1) is 9.03. The maximum Gasteiger partial charge on any atom is 0.241 e. The van der Waals surface area contributed by atoms with E-state index in [1.807, 2.05) is 13.8 Å². The van der Waals surface area contributed by atoms with E-state index in [0.717, 1.165) is 0 Å². The Bertz CT molecular complexity index is 201. The highest BCUT2D eigenvalue weighted by atomic mass is 16.2. The predicted molar refractivity (Wildman–Crippen MR) is 43.9 cm³/mol. The molecule has 0 aromatic heterocycles. The lowest BCUT2D eigenvalue weighted by Crippen LogP contribution is -2.38. The van der Waals surface area contributed by atoms with Crippen LogP contribution in [0.3, 0.4) is 0 Å². The van der Waals surface area contributed by atoms with Gasteiger partial charge in [-0.25, -0.2) is 0 Å². The van der Waals surface area contributed by atoms with Crippen molar-refractivity contribution in [2.75, 3.05) is 6.54 Å². The van der Waals surface area contributed by atoms with Gasteiger partial charge in [-0.1, -0.05) is 13.8 Å². The van der Waals surface area contributed by atoms with Gasteiger partial charge >= 0.3 is 0 Å². The number of carbonyl (C=O) groups is 2. The normalized spacial score (nSPS) is 16.9. The molecule has 2 amide bonds. The summed E-state index contributed by atoms with van der Waals surface area (Å²) >= 11 is 0. The molecule has 4 heteroatoms. The van der Waals surface area contributed by atoms with Gasteiger partial charge in [-0.2, -0.15) is 0 Å². The molecule has 68 valence electrons. The van der Waals surface area contributed by atoms with Gasteiger partial charge in [0, 0.05) is 12.8 Å². The summed E-state index contributed by atoms with van der Waals surface area (Å²) in [7, 11) is 0. The third kappa shape index (κ3) is 2.22. The van der Waals surface area contributed by atoms with E-state index in [1.54, 1.807) is 0 Å². The minimum atomic E-state index is -0.0629. The Hall–Kier alpha value is -1.06. The van der Waals surface area contributed by atoms with Gasteiger partial charge in [-0.15, -0.1) is 0 Å². The minimum Gasteiger partial charge on any atom is -0.273 e. The number of hydrazine groups is 1. The number of hydrogen-bond donors (Lipinski definition) is 1. The summed E-state index contributed by atoms with van der Waals surface area (Å²) in [6, 6.07) is 0. The van der Waals surface area contributed by atoms with Crippen LogP contribution in [0.25, 0.3) is 0 Å². The van der Waals surface area contributed by atoms with E-state index in [1.165, 1.54) is 5.01 Å². The van der Waals surface area contributed by atoms with Crippen molar-refractivity contribution >= 4 is 11.8 Å². The number of hydrogen-bond acceptors (Lipinski definition) is 2. The lowest BCUT2D eigenvalue weighted by molar-refractivity contribution is -0.136. The van der Waals surface area contributed by atoms with Gasteiger partial charge in [-0.3, -0.25) is 20.0 Å². The SMILES string of the molecule is CC(C)CC(=O)N1CCC(=O)N1. The Morgan fingerprint density at radius 1 is 1.67 bits per heavy atom. The summed E-state index contributed by atoms with van der Waals surface area (Å²) in [6.07, 6.45) is 0.935. The van der Waals surface area contributed by atoms with Crippen LogP contribution >= 0.6 is 0 Å². The number of nitrogens with zero attached hydrogens (tertiary/aromatic N) is 1. The van der Waals surface area contributed by atoms with Crippen molar-refractivity contribution in [3.63, 3.8) is 0 Å². The molecule has 1 rings (SSSR count). The molecule has 1 aliphatic heterocycles. The van der Waals surface area contributed by atoms with Crippen molar-refractivity contribution in [2.24, 2.45) is 5.92 Å². The van der Waals surface area contributed by atoms with Crippen LogP contribution in [-0.4, -0.2) is 23.4 Å². The molecule has 0 radical (unpaired) electrons. The number of amides is 2. The molecule has 0 aromatic rings. The van der Waals surface area contributed by atoms with E-state index in [4.69, 9.17) is 0 Å². The predicted octanol–water partition coefficient (Wildman–Crippen LogP) is 0.296. The maximum atomic E-state index is 11.3. The van der Waals surface area contributed by atoms with Gasteiger partial charge in [0.1, 0.15) is 0 Å². The molecule has 0 atom stereocenters. The van der Waals surface area contributed by atoms with Crippen LogP contribution in [0.15, 0.2) is 0 Å². The minimum absolute atomic E-state index is 0.0100. The van der Waals surface area contributed by atoms with Crippen LogP contribution in [-0.2, 0) is 9.59 Å². The van der Waals surface area contributed by atoms with E-state index >= 15 is 0 Å². The maximum absolute atomic E-state index is 11.3. The lowest BCUT2D eigenvalue weighted by Gasteiger charge is -2.15. The summed E-state index contributed by atoms with van der Waals surface area (Å²) in [6.45, 7) is 4.48. The molecule has 0 unspecified atom stereocenters. The number of carbonyl (C=O) groups excluding carboxylic acids is 2. The molecule has 0 spiro atoms. The number of nitrogens with one attached hydrogen (secondary N) is 1. The fraction of sp³-hybridized carbons (Fsp3) is 0.750. The van der Waals surface area contributed by atoms with Gasteiger partial charge in [0.15, 0.2) is 0 Å². The highest BCUT2D eigenvalue weighted by molar-refractivity contribution is 5.85. The van der Waals surface area contributed by atoms with E-state index in [9.17, 15) is 9.59 Å². The van der Waals surface area contributed by atoms with Crippen molar-refractivity contribution in [2.45, 2.75) is 26.7 Å². The van der Waals surface area contributed by atoms with Crippen LogP contribution < -0.4 is 5.43 Å². The Morgan fingerprint density at radius 2 is 2.33 bits per heavy atom. The van der Waals surface area contributed by atoms with Gasteiger partial charge in [0.2, 0.25) is 11.8 Å². The molecule has 1 aliphatic rings. The zero-order chi connectivity index (χ0) is 9.14. The fourth-order valence-electron chi connectivity index (χ4n) is 1.12. The van der Waals surface area contributed by atoms with Gasteiger partial charge in [0.05, 0.1) is 6.54 Å². The summed E-state index contributed by atoms with van der Waals surface area (Å²) in [5.74, 6) is 0.290. The largest absolute Gasteiger partial charge is 0.273 e. The molecule has 1 saturated heterocycles. The monoisotopic (exact) mass is 170 g/mol. The zero-order valence-electron chi connectivity index (χ0n) is 7.46. The molecular weight excluding hydrogens is 156 g/mol. The van der Waals surface area contributed by atoms with Gasteiger partial charge in [-0.05, 0) is 5.92 Å². The van der Waals surface area contributed by atoms with E-state index in [0.29, 0.717) is 25.3 Å². The second-order valence-electron chi connectivity index (χ2n) is 3.43. The molecule has 0 bridgehead atoms. The Morgan fingerprint density at radius 3 is 2.75 bits per heavy atom. The second kappa shape index (κ2) is 3.56. The van der Waals surface area contributed by atoms with Crippen LogP contribution in [0.5, 0.6) is 0 Å². The average molecular weight is 170 g/mol. The first-order chi connectivity index (χ1) is 5.59.